The predicted octanol–water partition coefficient (Wildman–Crippen LogP) is 4.64. The van der Waals surface area contributed by atoms with Crippen molar-refractivity contribution in [1.82, 2.24) is 34.9 Å². The normalized spacial score (nSPS) is 17.2. The summed E-state index contributed by atoms with van der Waals surface area (Å²) in [6.07, 6.45) is 5.09. The van der Waals surface area contributed by atoms with E-state index in [1.165, 1.54) is 12.3 Å². The van der Waals surface area contributed by atoms with Gasteiger partial charge in [0.1, 0.15) is 17.8 Å². The average molecular weight is 559 g/mol. The van der Waals surface area contributed by atoms with Crippen LogP contribution in [0.4, 0.5) is 19.4 Å². The van der Waals surface area contributed by atoms with Gasteiger partial charge < -0.3 is 9.84 Å². The number of aromatic nitrogens is 5. The van der Waals surface area contributed by atoms with Crippen LogP contribution >= 0.6 is 0 Å². The Morgan fingerprint density at radius 2 is 1.93 bits per heavy atom. The van der Waals surface area contributed by atoms with Crippen LogP contribution in [0.1, 0.15) is 22.7 Å². The number of nitrogens with one attached hydrogen (secondary N) is 2. The van der Waals surface area contributed by atoms with Gasteiger partial charge in [0.25, 0.3) is 0 Å². The quantitative estimate of drug-likeness (QED) is 0.302. The molecule has 1 aliphatic heterocycles. The summed E-state index contributed by atoms with van der Waals surface area (Å²) in [5.74, 6) is -1.61. The highest BCUT2D eigenvalue weighted by Crippen LogP contribution is 2.32. The van der Waals surface area contributed by atoms with Crippen LogP contribution in [-0.2, 0) is 13.6 Å². The highest BCUT2D eigenvalue weighted by atomic mass is 19.2. The molecule has 0 bridgehead atoms. The molecule has 5 aromatic rings. The van der Waals surface area contributed by atoms with Crippen molar-refractivity contribution in [2.24, 2.45) is 7.05 Å². The number of rotatable bonds is 7. The van der Waals surface area contributed by atoms with Crippen LogP contribution < -0.4 is 10.6 Å². The number of amides is 2. The number of hydrogen-bond acceptors (Lipinski definition) is 6. The van der Waals surface area contributed by atoms with Crippen LogP contribution in [0.25, 0.3) is 16.9 Å². The zero-order valence-electron chi connectivity index (χ0n) is 22.5. The first-order chi connectivity index (χ1) is 19.9. The number of benzene rings is 2. The molecule has 0 saturated carbocycles. The Bertz CT molecular complexity index is 1670. The molecule has 1 aliphatic rings. The van der Waals surface area contributed by atoms with Gasteiger partial charge in [-0.05, 0) is 36.8 Å². The molecule has 4 heterocycles. The number of nitrogens with zero attached hydrogens (tertiary/aromatic N) is 6. The van der Waals surface area contributed by atoms with Crippen LogP contribution in [0.2, 0.25) is 0 Å². The second-order valence-corrected chi connectivity index (χ2v) is 10.1. The highest BCUT2D eigenvalue weighted by molar-refractivity contribution is 5.91. The monoisotopic (exact) mass is 558 g/mol. The third kappa shape index (κ3) is 5.46. The van der Waals surface area contributed by atoms with Crippen molar-refractivity contribution in [3.8, 4) is 16.9 Å². The molecule has 0 radical (unpaired) electrons. The van der Waals surface area contributed by atoms with Gasteiger partial charge in [-0.3, -0.25) is 14.9 Å². The van der Waals surface area contributed by atoms with E-state index in [2.05, 4.69) is 25.8 Å². The third-order valence-electron chi connectivity index (χ3n) is 7.29. The lowest BCUT2D eigenvalue weighted by Gasteiger charge is -2.21. The molecule has 3 aromatic heterocycles. The number of carbonyl (C=O) groups excluding carboxylic acids is 1. The molecule has 12 heteroatoms. The minimum atomic E-state index is -0.925. The molecule has 2 N–H and O–H groups in total. The van der Waals surface area contributed by atoms with E-state index in [9.17, 15) is 13.6 Å². The molecule has 210 valence electrons. The Labute approximate surface area is 234 Å². The maximum atomic E-state index is 14.2. The summed E-state index contributed by atoms with van der Waals surface area (Å²) in [4.78, 5) is 15.6. The molecular weight excluding hydrogens is 530 g/mol. The van der Waals surface area contributed by atoms with E-state index in [1.807, 2.05) is 50.5 Å². The van der Waals surface area contributed by atoms with E-state index in [0.717, 1.165) is 28.6 Å². The molecule has 1 saturated heterocycles. The summed E-state index contributed by atoms with van der Waals surface area (Å²) in [5.41, 5.74) is 4.40. The summed E-state index contributed by atoms with van der Waals surface area (Å²) in [6.45, 7) is 3.37. The SMILES string of the molecule is Cc1c(-c2cnn(C)c2)nn(-c2ccccc2)c1NC(=O)N[C@@H]1CN(Cc2ccon2)C[C@H]1c1ccc(F)c(F)c1. The van der Waals surface area contributed by atoms with Crippen molar-refractivity contribution in [3.63, 3.8) is 0 Å². The average Bonchev–Trinajstić information content (AvgIpc) is 3.76. The standard InChI is InChI=1S/C29H28F2N8O2/c1-18-27(20-13-32-37(2)14-20)35-39(22-6-4-3-5-7-22)28(18)34-29(40)33-26-17-38(15-21-10-11-41-36-21)16-23(26)19-8-9-24(30)25(31)12-19/h3-14,23,26H,15-17H2,1-2H3,(H2,33,34,40)/t23-,26+/m0/s1. The second-order valence-electron chi connectivity index (χ2n) is 10.1. The topological polar surface area (TPSA) is 106 Å². The van der Waals surface area contributed by atoms with Crippen molar-refractivity contribution in [2.75, 3.05) is 18.4 Å². The Balaban J connectivity index is 1.28. The second kappa shape index (κ2) is 11.0. The summed E-state index contributed by atoms with van der Waals surface area (Å²) in [6, 6.07) is 14.3. The molecule has 0 spiro atoms. The van der Waals surface area contributed by atoms with Gasteiger partial charge in [-0.2, -0.15) is 10.2 Å². The maximum Gasteiger partial charge on any atom is 0.320 e. The molecule has 0 aliphatic carbocycles. The summed E-state index contributed by atoms with van der Waals surface area (Å²) < 4.78 is 36.2. The van der Waals surface area contributed by atoms with Crippen LogP contribution in [0, 0.1) is 18.6 Å². The lowest BCUT2D eigenvalue weighted by Crippen LogP contribution is -2.42. The van der Waals surface area contributed by atoms with E-state index in [4.69, 9.17) is 9.62 Å². The number of likely N-dealkylation sites (tertiary alicyclic amines) is 1. The van der Waals surface area contributed by atoms with Gasteiger partial charge in [-0.1, -0.05) is 29.4 Å². The van der Waals surface area contributed by atoms with E-state index >= 15 is 0 Å². The molecule has 6 rings (SSSR count). The third-order valence-corrected chi connectivity index (χ3v) is 7.29. The van der Waals surface area contributed by atoms with Gasteiger partial charge in [-0.25, -0.2) is 18.3 Å². The van der Waals surface area contributed by atoms with Crippen molar-refractivity contribution in [3.05, 3.63) is 102 Å². The fourth-order valence-electron chi connectivity index (χ4n) is 5.32. The van der Waals surface area contributed by atoms with Crippen LogP contribution in [0.3, 0.4) is 0 Å². The van der Waals surface area contributed by atoms with Crippen LogP contribution in [0.15, 0.2) is 77.8 Å². The first-order valence-corrected chi connectivity index (χ1v) is 13.1. The van der Waals surface area contributed by atoms with E-state index < -0.39 is 23.7 Å². The van der Waals surface area contributed by atoms with Gasteiger partial charge in [0.15, 0.2) is 11.6 Å². The highest BCUT2D eigenvalue weighted by Gasteiger charge is 2.36. The Morgan fingerprint density at radius 3 is 2.63 bits per heavy atom. The molecule has 2 amide bonds. The number of halogens is 2. The van der Waals surface area contributed by atoms with Crippen LogP contribution in [-0.4, -0.2) is 54.8 Å². The summed E-state index contributed by atoms with van der Waals surface area (Å²) in [7, 11) is 1.83. The number of hydrogen-bond donors (Lipinski definition) is 2. The molecular formula is C29H28F2N8O2. The van der Waals surface area contributed by atoms with Crippen molar-refractivity contribution < 1.29 is 18.1 Å². The van der Waals surface area contributed by atoms with Gasteiger partial charge in [0, 0.05) is 56.0 Å². The zero-order chi connectivity index (χ0) is 28.5. The summed E-state index contributed by atoms with van der Waals surface area (Å²) in [5, 5.41) is 19.1. The predicted molar refractivity (Wildman–Crippen MR) is 147 cm³/mol. The number of urea groups is 1. The van der Waals surface area contributed by atoms with E-state index in [0.29, 0.717) is 36.7 Å². The van der Waals surface area contributed by atoms with E-state index in [1.54, 1.807) is 27.7 Å². The van der Waals surface area contributed by atoms with Crippen molar-refractivity contribution in [2.45, 2.75) is 25.4 Å². The molecule has 10 nitrogen and oxygen atoms in total. The molecule has 2 atom stereocenters. The first-order valence-electron chi connectivity index (χ1n) is 13.1. The van der Waals surface area contributed by atoms with Crippen molar-refractivity contribution >= 4 is 11.8 Å². The number of anilines is 1. The van der Waals surface area contributed by atoms with Gasteiger partial charge in [0.2, 0.25) is 0 Å². The number of para-hydroxylation sites is 1. The molecule has 2 aromatic carbocycles. The van der Waals surface area contributed by atoms with Crippen molar-refractivity contribution in [1.29, 1.82) is 0 Å². The minimum absolute atomic E-state index is 0.283. The van der Waals surface area contributed by atoms with E-state index in [-0.39, 0.29) is 5.92 Å². The Morgan fingerprint density at radius 1 is 1.10 bits per heavy atom. The number of aryl methyl sites for hydroxylation is 1. The number of carbonyl (C=O) groups is 1. The largest absolute Gasteiger partial charge is 0.364 e. The summed E-state index contributed by atoms with van der Waals surface area (Å²) >= 11 is 0. The zero-order valence-corrected chi connectivity index (χ0v) is 22.5. The Hall–Kier alpha value is -4.84. The lowest BCUT2D eigenvalue weighted by atomic mass is 9.94. The fourth-order valence-corrected chi connectivity index (χ4v) is 5.32. The van der Waals surface area contributed by atoms with Gasteiger partial charge in [0.05, 0.1) is 23.6 Å². The molecule has 41 heavy (non-hydrogen) atoms. The van der Waals surface area contributed by atoms with Gasteiger partial charge in [-0.15, -0.1) is 0 Å². The van der Waals surface area contributed by atoms with Gasteiger partial charge >= 0.3 is 6.03 Å². The smallest absolute Gasteiger partial charge is 0.320 e. The first kappa shape index (κ1) is 26.4. The fraction of sp³-hybridized carbons (Fsp3) is 0.241. The lowest BCUT2D eigenvalue weighted by molar-refractivity contribution is 0.246. The minimum Gasteiger partial charge on any atom is -0.364 e. The molecule has 0 unspecified atom stereocenters. The maximum absolute atomic E-state index is 14.2. The Kier molecular flexibility index (Phi) is 7.06. The van der Waals surface area contributed by atoms with Crippen LogP contribution in [0.5, 0.6) is 0 Å². The molecule has 1 fully saturated rings.